The highest BCUT2D eigenvalue weighted by Crippen LogP contribution is 2.39. The lowest BCUT2D eigenvalue weighted by Gasteiger charge is -2.30. The molecule has 2 atom stereocenters. The number of likely N-dealkylation sites (tertiary alicyclic amines) is 1. The molecule has 0 aliphatic carbocycles. The lowest BCUT2D eigenvalue weighted by molar-refractivity contribution is -0.183. The Balaban J connectivity index is 0.00000304. The van der Waals surface area contributed by atoms with E-state index >= 15 is 0 Å². The summed E-state index contributed by atoms with van der Waals surface area (Å²) in [6.07, 6.45) is -2.89. The molecule has 0 spiro atoms. The van der Waals surface area contributed by atoms with Crippen LogP contribution in [-0.2, 0) is 0 Å². The van der Waals surface area contributed by atoms with E-state index in [1.807, 2.05) is 0 Å². The van der Waals surface area contributed by atoms with E-state index in [-0.39, 0.29) is 54.8 Å². The molecule has 36 heavy (non-hydrogen) atoms. The molecular formula is C24H25ClF4N6O. The predicted octanol–water partition coefficient (Wildman–Crippen LogP) is 4.93. The molecule has 0 amide bonds. The first kappa shape index (κ1) is 26.1. The highest BCUT2D eigenvalue weighted by Gasteiger charge is 2.46. The zero-order valence-electron chi connectivity index (χ0n) is 19.5. The Morgan fingerprint density at radius 2 is 1.83 bits per heavy atom. The molecule has 5 rings (SSSR count). The molecule has 0 radical (unpaired) electrons. The van der Waals surface area contributed by atoms with E-state index in [1.165, 1.54) is 33.7 Å². The van der Waals surface area contributed by atoms with E-state index in [2.05, 4.69) is 15.2 Å². The number of nitrogens with two attached hydrogens (primary N) is 1. The van der Waals surface area contributed by atoms with Crippen molar-refractivity contribution in [3.8, 4) is 17.3 Å². The van der Waals surface area contributed by atoms with Crippen molar-refractivity contribution in [2.75, 3.05) is 13.1 Å². The smallest absolute Gasteiger partial charge is 0.408 e. The molecular weight excluding hydrogens is 500 g/mol. The van der Waals surface area contributed by atoms with Crippen LogP contribution in [0.3, 0.4) is 0 Å². The van der Waals surface area contributed by atoms with Crippen LogP contribution in [0.5, 0.6) is 5.75 Å². The van der Waals surface area contributed by atoms with Crippen LogP contribution in [-0.4, -0.2) is 55.9 Å². The zero-order chi connectivity index (χ0) is 24.9. The summed E-state index contributed by atoms with van der Waals surface area (Å²) in [6, 6.07) is 7.11. The van der Waals surface area contributed by atoms with Gasteiger partial charge in [0.2, 0.25) is 0 Å². The Bertz CT molecular complexity index is 1390. The van der Waals surface area contributed by atoms with E-state index < -0.39 is 18.0 Å². The molecule has 0 unspecified atom stereocenters. The normalized spacial score (nSPS) is 17.6. The van der Waals surface area contributed by atoms with Gasteiger partial charge in [-0.05, 0) is 50.1 Å². The Morgan fingerprint density at radius 1 is 1.08 bits per heavy atom. The highest BCUT2D eigenvalue weighted by atomic mass is 35.5. The summed E-state index contributed by atoms with van der Waals surface area (Å²) >= 11 is 0. The second-order valence-electron chi connectivity index (χ2n) is 9.01. The number of halogens is 5. The van der Waals surface area contributed by atoms with Gasteiger partial charge in [-0.15, -0.1) is 22.6 Å². The topological polar surface area (TPSA) is 81.6 Å². The average molecular weight is 525 g/mol. The molecule has 4 heterocycles. The van der Waals surface area contributed by atoms with E-state index in [0.717, 1.165) is 0 Å². The number of hydrogen-bond acceptors (Lipinski definition) is 6. The van der Waals surface area contributed by atoms with Crippen molar-refractivity contribution < 1.29 is 22.3 Å². The Labute approximate surface area is 210 Å². The predicted molar refractivity (Wildman–Crippen MR) is 130 cm³/mol. The number of pyridine rings is 2. The van der Waals surface area contributed by atoms with Crippen LogP contribution in [0.2, 0.25) is 0 Å². The number of ether oxygens (including phenoxy) is 1. The number of benzene rings is 1. The molecule has 0 bridgehead atoms. The standard InChI is InChI=1S/C24H24F4N6O.ClH/c1-13(2)35-21-17(25)6-3-14-4-7-18(30-20(14)21)23-32-31-19-8-5-15(11-34(19)23)22(24(26,27)28)33-10-9-16(29)12-33;/h3-8,11,13,16,22H,9-10,12,29H2,1-2H3;1H/t16-,22+;/m0./s1. The molecule has 3 aromatic heterocycles. The van der Waals surface area contributed by atoms with Gasteiger partial charge in [-0.1, -0.05) is 12.1 Å². The molecule has 1 fully saturated rings. The fraction of sp³-hybridized carbons (Fsp3) is 0.375. The Kier molecular flexibility index (Phi) is 7.09. The van der Waals surface area contributed by atoms with Crippen molar-refractivity contribution in [3.05, 3.63) is 54.0 Å². The van der Waals surface area contributed by atoms with Gasteiger partial charge in [0.05, 0.1) is 6.10 Å². The van der Waals surface area contributed by atoms with Gasteiger partial charge in [0.25, 0.3) is 0 Å². The first-order valence-corrected chi connectivity index (χ1v) is 11.3. The number of rotatable bonds is 5. The monoisotopic (exact) mass is 524 g/mol. The lowest BCUT2D eigenvalue weighted by Crippen LogP contribution is -2.38. The molecule has 1 aromatic carbocycles. The summed E-state index contributed by atoms with van der Waals surface area (Å²) in [6.45, 7) is 3.97. The maximum absolute atomic E-state index is 14.5. The summed E-state index contributed by atoms with van der Waals surface area (Å²) in [7, 11) is 0. The molecule has 7 nitrogen and oxygen atoms in total. The first-order chi connectivity index (χ1) is 16.6. The van der Waals surface area contributed by atoms with Crippen molar-refractivity contribution in [1.82, 2.24) is 24.5 Å². The number of aromatic nitrogens is 4. The summed E-state index contributed by atoms with van der Waals surface area (Å²) in [5.74, 6) is -0.306. The molecule has 1 saturated heterocycles. The molecule has 2 N–H and O–H groups in total. The molecule has 1 aliphatic rings. The summed E-state index contributed by atoms with van der Waals surface area (Å²) in [5.41, 5.74) is 6.91. The SMILES string of the molecule is CC(C)Oc1c(F)ccc2ccc(-c3nnc4ccc([C@@H](N5CC[C@H](N)C5)C(F)(F)F)cn34)nc12.Cl. The quantitative estimate of drug-likeness (QED) is 0.373. The van der Waals surface area contributed by atoms with Crippen LogP contribution in [0.15, 0.2) is 42.6 Å². The third-order valence-corrected chi connectivity index (χ3v) is 6.02. The number of nitrogens with zero attached hydrogens (tertiary/aromatic N) is 5. The third-order valence-electron chi connectivity index (χ3n) is 6.02. The fourth-order valence-electron chi connectivity index (χ4n) is 4.51. The maximum atomic E-state index is 14.5. The summed E-state index contributed by atoms with van der Waals surface area (Å²) < 4.78 is 64.0. The van der Waals surface area contributed by atoms with Crippen molar-refractivity contribution in [3.63, 3.8) is 0 Å². The van der Waals surface area contributed by atoms with Crippen LogP contribution in [0.25, 0.3) is 28.1 Å². The number of alkyl halides is 3. The largest absolute Gasteiger partial charge is 0.486 e. The van der Waals surface area contributed by atoms with Gasteiger partial charge >= 0.3 is 6.18 Å². The van der Waals surface area contributed by atoms with Gasteiger partial charge in [-0.3, -0.25) is 9.30 Å². The van der Waals surface area contributed by atoms with Crippen molar-refractivity contribution in [1.29, 1.82) is 0 Å². The van der Waals surface area contributed by atoms with Crippen molar-refractivity contribution in [2.24, 2.45) is 5.73 Å². The lowest BCUT2D eigenvalue weighted by atomic mass is 10.1. The van der Waals surface area contributed by atoms with Crippen molar-refractivity contribution in [2.45, 2.75) is 44.6 Å². The van der Waals surface area contributed by atoms with Crippen LogP contribution in [0.1, 0.15) is 31.9 Å². The van der Waals surface area contributed by atoms with E-state index in [1.54, 1.807) is 32.0 Å². The first-order valence-electron chi connectivity index (χ1n) is 11.3. The van der Waals surface area contributed by atoms with E-state index in [0.29, 0.717) is 28.7 Å². The van der Waals surface area contributed by atoms with Gasteiger partial charge < -0.3 is 10.5 Å². The van der Waals surface area contributed by atoms with E-state index in [9.17, 15) is 17.6 Å². The molecule has 0 saturated carbocycles. The minimum atomic E-state index is -4.49. The molecule has 12 heteroatoms. The minimum Gasteiger partial charge on any atom is -0.486 e. The fourth-order valence-corrected chi connectivity index (χ4v) is 4.51. The van der Waals surface area contributed by atoms with Gasteiger partial charge in [0, 0.05) is 30.7 Å². The number of fused-ring (bicyclic) bond motifs is 2. The molecule has 192 valence electrons. The maximum Gasteiger partial charge on any atom is 0.408 e. The van der Waals surface area contributed by atoms with E-state index in [4.69, 9.17) is 10.5 Å². The van der Waals surface area contributed by atoms with Crippen LogP contribution in [0.4, 0.5) is 17.6 Å². The summed E-state index contributed by atoms with van der Waals surface area (Å²) in [5, 5.41) is 8.90. The Hall–Kier alpha value is -3.02. The molecule has 4 aromatic rings. The van der Waals surface area contributed by atoms with Gasteiger partial charge in [-0.25, -0.2) is 9.37 Å². The van der Waals surface area contributed by atoms with Crippen LogP contribution in [0, 0.1) is 5.82 Å². The second kappa shape index (κ2) is 9.79. The van der Waals surface area contributed by atoms with Crippen LogP contribution >= 0.6 is 12.4 Å². The van der Waals surface area contributed by atoms with Gasteiger partial charge in [0.1, 0.15) is 17.3 Å². The third kappa shape index (κ3) is 4.82. The van der Waals surface area contributed by atoms with Gasteiger partial charge in [-0.2, -0.15) is 13.2 Å². The summed E-state index contributed by atoms with van der Waals surface area (Å²) in [4.78, 5) is 5.90. The van der Waals surface area contributed by atoms with Crippen molar-refractivity contribution >= 4 is 29.0 Å². The Morgan fingerprint density at radius 3 is 2.50 bits per heavy atom. The zero-order valence-corrected chi connectivity index (χ0v) is 20.4. The average Bonchev–Trinajstić information content (AvgIpc) is 3.40. The minimum absolute atomic E-state index is 0. The van der Waals surface area contributed by atoms with Gasteiger partial charge in [0.15, 0.2) is 23.0 Å². The van der Waals surface area contributed by atoms with Crippen LogP contribution < -0.4 is 10.5 Å². The second-order valence-corrected chi connectivity index (χ2v) is 9.01. The highest BCUT2D eigenvalue weighted by molar-refractivity contribution is 5.86. The number of hydrogen-bond donors (Lipinski definition) is 1. The molecule has 1 aliphatic heterocycles.